The Morgan fingerprint density at radius 2 is 2.24 bits per heavy atom. The van der Waals surface area contributed by atoms with Crippen molar-refractivity contribution in [1.29, 1.82) is 0 Å². The van der Waals surface area contributed by atoms with Crippen LogP contribution < -0.4 is 4.72 Å². The first-order valence-electron chi connectivity index (χ1n) is 5.41. The smallest absolute Gasteiger partial charge is 0.260 e. The molecular formula is C10H18ClN3O2S. The van der Waals surface area contributed by atoms with Gasteiger partial charge in [0.2, 0.25) is 0 Å². The molecule has 1 heterocycles. The molecule has 0 saturated carbocycles. The van der Waals surface area contributed by atoms with Crippen molar-refractivity contribution < 1.29 is 8.42 Å². The van der Waals surface area contributed by atoms with Crippen LogP contribution in [-0.2, 0) is 17.1 Å². The van der Waals surface area contributed by atoms with Gasteiger partial charge in [0, 0.05) is 24.7 Å². The summed E-state index contributed by atoms with van der Waals surface area (Å²) in [5.41, 5.74) is -0.530. The van der Waals surface area contributed by atoms with Gasteiger partial charge >= 0.3 is 0 Å². The first-order chi connectivity index (χ1) is 7.83. The van der Waals surface area contributed by atoms with Gasteiger partial charge in [-0.3, -0.25) is 0 Å². The van der Waals surface area contributed by atoms with E-state index in [1.54, 1.807) is 11.6 Å². The van der Waals surface area contributed by atoms with Crippen LogP contribution in [0.5, 0.6) is 0 Å². The lowest BCUT2D eigenvalue weighted by Crippen LogP contribution is -2.45. The molecule has 1 aromatic heterocycles. The number of nitrogens with zero attached hydrogens (tertiary/aromatic N) is 2. The SMILES string of the molecule is CCC(C)(CCCl)NS(=O)(=O)c1cn(C)cn1. The predicted molar refractivity (Wildman–Crippen MR) is 67.6 cm³/mol. The van der Waals surface area contributed by atoms with Crippen molar-refractivity contribution in [3.8, 4) is 0 Å². The first-order valence-corrected chi connectivity index (χ1v) is 7.42. The quantitative estimate of drug-likeness (QED) is 0.803. The van der Waals surface area contributed by atoms with E-state index in [2.05, 4.69) is 9.71 Å². The van der Waals surface area contributed by atoms with Crippen molar-refractivity contribution in [2.45, 2.75) is 37.3 Å². The Morgan fingerprint density at radius 3 is 2.65 bits per heavy atom. The number of aryl methyl sites for hydroxylation is 1. The van der Waals surface area contributed by atoms with Crippen molar-refractivity contribution in [2.75, 3.05) is 5.88 Å². The van der Waals surface area contributed by atoms with Crippen LogP contribution >= 0.6 is 11.6 Å². The molecule has 7 heteroatoms. The molecule has 1 N–H and O–H groups in total. The van der Waals surface area contributed by atoms with E-state index in [9.17, 15) is 8.42 Å². The lowest BCUT2D eigenvalue weighted by molar-refractivity contribution is 0.390. The lowest BCUT2D eigenvalue weighted by atomic mass is 9.97. The van der Waals surface area contributed by atoms with E-state index in [4.69, 9.17) is 11.6 Å². The summed E-state index contributed by atoms with van der Waals surface area (Å²) in [6, 6.07) is 0. The van der Waals surface area contributed by atoms with Gasteiger partial charge in [-0.2, -0.15) is 0 Å². The maximum absolute atomic E-state index is 12.1. The van der Waals surface area contributed by atoms with Crippen LogP contribution in [0.1, 0.15) is 26.7 Å². The second kappa shape index (κ2) is 5.37. The van der Waals surface area contributed by atoms with Crippen LogP contribution in [0.15, 0.2) is 17.6 Å². The standard InChI is InChI=1S/C10H18ClN3O2S/c1-4-10(2,5-6-11)13-17(15,16)9-7-14(3)8-12-9/h7-8,13H,4-6H2,1-3H3. The van der Waals surface area contributed by atoms with Crippen LogP contribution in [0, 0.1) is 0 Å². The lowest BCUT2D eigenvalue weighted by Gasteiger charge is -2.27. The molecule has 0 spiro atoms. The normalized spacial score (nSPS) is 15.8. The van der Waals surface area contributed by atoms with Crippen molar-refractivity contribution in [2.24, 2.45) is 7.05 Å². The van der Waals surface area contributed by atoms with Crippen LogP contribution in [0.25, 0.3) is 0 Å². The van der Waals surface area contributed by atoms with Crippen molar-refractivity contribution in [3.63, 3.8) is 0 Å². The summed E-state index contributed by atoms with van der Waals surface area (Å²) in [4.78, 5) is 3.85. The summed E-state index contributed by atoms with van der Waals surface area (Å²) in [6.45, 7) is 3.77. The Balaban J connectivity index is 2.93. The summed E-state index contributed by atoms with van der Waals surface area (Å²) in [6.07, 6.45) is 4.18. The number of nitrogens with one attached hydrogen (secondary N) is 1. The molecule has 0 amide bonds. The number of hydrogen-bond acceptors (Lipinski definition) is 3. The summed E-state index contributed by atoms with van der Waals surface area (Å²) in [7, 11) is -1.85. The Labute approximate surface area is 107 Å². The molecule has 1 unspecified atom stereocenters. The van der Waals surface area contributed by atoms with Gasteiger partial charge in [-0.15, -0.1) is 11.6 Å². The Hall–Kier alpha value is -0.590. The highest BCUT2D eigenvalue weighted by molar-refractivity contribution is 7.89. The third-order valence-electron chi connectivity index (χ3n) is 2.76. The van der Waals surface area contributed by atoms with E-state index in [1.165, 1.54) is 12.5 Å². The number of alkyl halides is 1. The van der Waals surface area contributed by atoms with Gasteiger partial charge < -0.3 is 4.57 Å². The molecule has 0 saturated heterocycles. The van der Waals surface area contributed by atoms with Crippen molar-refractivity contribution in [3.05, 3.63) is 12.5 Å². The fraction of sp³-hybridized carbons (Fsp3) is 0.700. The summed E-state index contributed by atoms with van der Waals surface area (Å²) in [5, 5.41) is 0.0363. The molecule has 98 valence electrons. The van der Waals surface area contributed by atoms with Crippen LogP contribution in [0.3, 0.4) is 0 Å². The molecule has 0 aromatic carbocycles. The minimum Gasteiger partial charge on any atom is -0.339 e. The fourth-order valence-corrected chi connectivity index (χ4v) is 3.32. The fourth-order valence-electron chi connectivity index (χ4n) is 1.41. The first kappa shape index (κ1) is 14.5. The molecule has 0 fully saturated rings. The largest absolute Gasteiger partial charge is 0.339 e. The van der Waals surface area contributed by atoms with Crippen LogP contribution in [-0.4, -0.2) is 29.4 Å². The van der Waals surface area contributed by atoms with Gasteiger partial charge in [0.05, 0.1) is 6.33 Å². The zero-order valence-electron chi connectivity index (χ0n) is 10.3. The molecule has 1 aromatic rings. The molecule has 0 aliphatic carbocycles. The average molecular weight is 280 g/mol. The van der Waals surface area contributed by atoms with Gasteiger partial charge in [0.25, 0.3) is 10.0 Å². The molecule has 17 heavy (non-hydrogen) atoms. The number of halogens is 1. The molecule has 0 aliphatic heterocycles. The summed E-state index contributed by atoms with van der Waals surface area (Å²) >= 11 is 5.69. The maximum Gasteiger partial charge on any atom is 0.260 e. The molecule has 0 bridgehead atoms. The summed E-state index contributed by atoms with van der Waals surface area (Å²) < 4.78 is 28.4. The van der Waals surface area contributed by atoms with E-state index < -0.39 is 15.6 Å². The van der Waals surface area contributed by atoms with Gasteiger partial charge in [-0.05, 0) is 19.8 Å². The molecular weight excluding hydrogens is 262 g/mol. The van der Waals surface area contributed by atoms with Crippen LogP contribution in [0.4, 0.5) is 0 Å². The highest BCUT2D eigenvalue weighted by Crippen LogP contribution is 2.18. The number of imidazole rings is 1. The van der Waals surface area contributed by atoms with E-state index in [0.717, 1.165) is 0 Å². The highest BCUT2D eigenvalue weighted by atomic mass is 35.5. The zero-order valence-corrected chi connectivity index (χ0v) is 11.8. The second-order valence-electron chi connectivity index (χ2n) is 4.34. The number of rotatable bonds is 6. The Morgan fingerprint density at radius 1 is 1.59 bits per heavy atom. The molecule has 1 atom stereocenters. The second-order valence-corrected chi connectivity index (χ2v) is 6.34. The predicted octanol–water partition coefficient (Wildman–Crippen LogP) is 1.50. The molecule has 0 radical (unpaired) electrons. The van der Waals surface area contributed by atoms with Gasteiger partial charge in [-0.25, -0.2) is 18.1 Å². The summed E-state index contributed by atoms with van der Waals surface area (Å²) in [5.74, 6) is 0.412. The number of sulfonamides is 1. The van der Waals surface area contributed by atoms with Crippen molar-refractivity contribution >= 4 is 21.6 Å². The molecule has 5 nitrogen and oxygen atoms in total. The van der Waals surface area contributed by atoms with Crippen molar-refractivity contribution in [1.82, 2.24) is 14.3 Å². The number of hydrogen-bond donors (Lipinski definition) is 1. The topological polar surface area (TPSA) is 64.0 Å². The highest BCUT2D eigenvalue weighted by Gasteiger charge is 2.29. The van der Waals surface area contributed by atoms with E-state index in [-0.39, 0.29) is 5.03 Å². The average Bonchev–Trinajstić information content (AvgIpc) is 2.65. The minimum atomic E-state index is -3.57. The van der Waals surface area contributed by atoms with Gasteiger partial charge in [0.15, 0.2) is 5.03 Å². The third-order valence-corrected chi connectivity index (χ3v) is 4.48. The minimum absolute atomic E-state index is 0.0363. The third kappa shape index (κ3) is 3.69. The Bertz CT molecular complexity index is 472. The van der Waals surface area contributed by atoms with Gasteiger partial charge in [0.1, 0.15) is 0 Å². The Kier molecular flexibility index (Phi) is 4.57. The zero-order chi connectivity index (χ0) is 13.1. The maximum atomic E-state index is 12.1. The monoisotopic (exact) mass is 279 g/mol. The number of aromatic nitrogens is 2. The molecule has 0 aliphatic rings. The van der Waals surface area contributed by atoms with E-state index >= 15 is 0 Å². The van der Waals surface area contributed by atoms with Gasteiger partial charge in [-0.1, -0.05) is 6.92 Å². The van der Waals surface area contributed by atoms with E-state index in [0.29, 0.717) is 18.7 Å². The van der Waals surface area contributed by atoms with E-state index in [1.807, 2.05) is 13.8 Å². The van der Waals surface area contributed by atoms with Crippen LogP contribution in [0.2, 0.25) is 0 Å². The molecule has 1 rings (SSSR count).